The average Bonchev–Trinajstić information content (AvgIpc) is 2.96. The number of rotatable bonds is 8. The van der Waals surface area contributed by atoms with Crippen molar-refractivity contribution in [2.45, 2.75) is 46.1 Å². The second kappa shape index (κ2) is 9.05. The molecule has 0 aliphatic rings. The zero-order valence-electron chi connectivity index (χ0n) is 17.3. The Morgan fingerprint density at radius 2 is 1.83 bits per heavy atom. The monoisotopic (exact) mass is 417 g/mol. The third-order valence-corrected chi connectivity index (χ3v) is 6.08. The Kier molecular flexibility index (Phi) is 6.70. The number of thioether (sulfide) groups is 1. The predicted octanol–water partition coefficient (Wildman–Crippen LogP) is 3.63. The number of nitrogens with one attached hydrogen (secondary N) is 1. The van der Waals surface area contributed by atoms with E-state index in [1.165, 1.54) is 0 Å². The molecule has 3 rings (SSSR count). The van der Waals surface area contributed by atoms with Gasteiger partial charge in [0.2, 0.25) is 5.91 Å². The molecule has 0 fully saturated rings. The molecule has 0 saturated carbocycles. The van der Waals surface area contributed by atoms with Gasteiger partial charge in [0, 0.05) is 28.8 Å². The highest BCUT2D eigenvalue weighted by atomic mass is 32.2. The Morgan fingerprint density at radius 3 is 2.52 bits per heavy atom. The van der Waals surface area contributed by atoms with Gasteiger partial charge in [-0.25, -0.2) is 4.79 Å². The maximum atomic E-state index is 12.5. The summed E-state index contributed by atoms with van der Waals surface area (Å²) < 4.78 is 11.3. The number of aliphatic hydroxyl groups excluding tert-OH is 1. The first-order valence-corrected chi connectivity index (χ1v) is 11.1. The first-order valence-electron chi connectivity index (χ1n) is 9.70. The van der Waals surface area contributed by atoms with Gasteiger partial charge in [0.1, 0.15) is 16.9 Å². The van der Waals surface area contributed by atoms with Crippen LogP contribution in [0.2, 0.25) is 0 Å². The Morgan fingerprint density at radius 1 is 1.14 bits per heavy atom. The number of hydrogen-bond acceptors (Lipinski definition) is 6. The van der Waals surface area contributed by atoms with Gasteiger partial charge in [0.05, 0.1) is 12.6 Å². The summed E-state index contributed by atoms with van der Waals surface area (Å²) in [6.07, 6.45) is 3.15. The van der Waals surface area contributed by atoms with Gasteiger partial charge in [-0.15, -0.1) is 0 Å². The molecule has 29 heavy (non-hydrogen) atoms. The lowest BCUT2D eigenvalue weighted by Crippen LogP contribution is -2.38. The second-order valence-corrected chi connectivity index (χ2v) is 8.33. The van der Waals surface area contributed by atoms with Crippen LogP contribution in [0.1, 0.15) is 35.3 Å². The summed E-state index contributed by atoms with van der Waals surface area (Å²) in [6, 6.07) is 3.49. The van der Waals surface area contributed by atoms with Crippen LogP contribution < -0.4 is 10.9 Å². The van der Waals surface area contributed by atoms with E-state index in [0.29, 0.717) is 23.2 Å². The molecule has 2 aromatic heterocycles. The Labute approximate surface area is 173 Å². The summed E-state index contributed by atoms with van der Waals surface area (Å²) in [6.45, 7) is 5.70. The van der Waals surface area contributed by atoms with Gasteiger partial charge >= 0.3 is 5.63 Å². The Hall–Kier alpha value is -2.25. The molecule has 1 atom stereocenters. The molecule has 0 aliphatic heterocycles. The fourth-order valence-electron chi connectivity index (χ4n) is 3.52. The summed E-state index contributed by atoms with van der Waals surface area (Å²) >= 11 is 1.67. The summed E-state index contributed by atoms with van der Waals surface area (Å²) in [7, 11) is 0. The van der Waals surface area contributed by atoms with Crippen molar-refractivity contribution in [2.24, 2.45) is 0 Å². The van der Waals surface area contributed by atoms with Gasteiger partial charge in [-0.3, -0.25) is 4.79 Å². The van der Waals surface area contributed by atoms with Crippen molar-refractivity contribution >= 4 is 39.6 Å². The van der Waals surface area contributed by atoms with Crippen molar-refractivity contribution in [1.29, 1.82) is 0 Å². The molecule has 0 spiro atoms. The number of furan rings is 1. The van der Waals surface area contributed by atoms with Crippen molar-refractivity contribution in [3.05, 3.63) is 45.0 Å². The summed E-state index contributed by atoms with van der Waals surface area (Å²) in [5.74, 6) is 1.52. The lowest BCUT2D eigenvalue weighted by atomic mass is 10.0. The fourth-order valence-corrected chi connectivity index (χ4v) is 4.04. The van der Waals surface area contributed by atoms with E-state index in [0.717, 1.165) is 33.4 Å². The third kappa shape index (κ3) is 4.51. The number of benzene rings is 1. The number of hydrogen-bond donors (Lipinski definition) is 2. The SMILES string of the molecule is CSCCC(CO)NC(=O)CCc1c(C)c2cc3c(C)c(C)oc3cc2oc1=O. The van der Waals surface area contributed by atoms with E-state index >= 15 is 0 Å². The minimum absolute atomic E-state index is 0.0943. The van der Waals surface area contributed by atoms with Crippen molar-refractivity contribution in [3.8, 4) is 0 Å². The normalized spacial score (nSPS) is 12.6. The molecule has 1 amide bonds. The van der Waals surface area contributed by atoms with Gasteiger partial charge in [0.15, 0.2) is 0 Å². The van der Waals surface area contributed by atoms with Crippen molar-refractivity contribution < 1.29 is 18.7 Å². The van der Waals surface area contributed by atoms with Crippen molar-refractivity contribution in [2.75, 3.05) is 18.6 Å². The number of carbonyl (C=O) groups excluding carboxylic acids is 1. The Bertz CT molecular complexity index is 1100. The molecule has 2 N–H and O–H groups in total. The van der Waals surface area contributed by atoms with Crippen LogP contribution in [-0.4, -0.2) is 35.7 Å². The molecule has 0 bridgehead atoms. The molecule has 0 saturated heterocycles. The molecule has 0 radical (unpaired) electrons. The van der Waals surface area contributed by atoms with Gasteiger partial charge in [0.25, 0.3) is 0 Å². The van der Waals surface area contributed by atoms with E-state index in [1.807, 2.05) is 33.1 Å². The summed E-state index contributed by atoms with van der Waals surface area (Å²) in [5.41, 5.74) is 3.15. The number of carbonyl (C=O) groups is 1. The maximum absolute atomic E-state index is 12.5. The molecule has 6 nitrogen and oxygen atoms in total. The average molecular weight is 418 g/mol. The zero-order valence-corrected chi connectivity index (χ0v) is 18.1. The van der Waals surface area contributed by atoms with Crippen LogP contribution >= 0.6 is 11.8 Å². The molecular formula is C22H27NO5S. The Balaban J connectivity index is 1.84. The third-order valence-electron chi connectivity index (χ3n) is 5.44. The number of fused-ring (bicyclic) bond motifs is 2. The molecule has 1 aromatic carbocycles. The van der Waals surface area contributed by atoms with Gasteiger partial charge in [-0.2, -0.15) is 11.8 Å². The number of aryl methyl sites for hydroxylation is 3. The van der Waals surface area contributed by atoms with E-state index < -0.39 is 5.63 Å². The predicted molar refractivity (Wildman–Crippen MR) is 117 cm³/mol. The van der Waals surface area contributed by atoms with E-state index in [-0.39, 0.29) is 31.4 Å². The van der Waals surface area contributed by atoms with E-state index in [9.17, 15) is 14.7 Å². The minimum atomic E-state index is -0.428. The summed E-state index contributed by atoms with van der Waals surface area (Å²) in [5, 5.41) is 14.1. The first kappa shape index (κ1) is 21.5. The molecule has 1 unspecified atom stereocenters. The van der Waals surface area contributed by atoms with Crippen LogP contribution in [0.25, 0.3) is 21.9 Å². The lowest BCUT2D eigenvalue weighted by molar-refractivity contribution is -0.122. The van der Waals surface area contributed by atoms with Crippen LogP contribution in [0.4, 0.5) is 0 Å². The van der Waals surface area contributed by atoms with E-state index in [4.69, 9.17) is 8.83 Å². The standard InChI is InChI=1S/C22H27NO5S/c1-12-14(3)27-19-10-20-18(9-17(12)19)13(2)16(22(26)28-20)5-6-21(25)23-15(11-24)7-8-29-4/h9-10,15,24H,5-8,11H2,1-4H3,(H,23,25). The molecule has 0 aliphatic carbocycles. The quantitative estimate of drug-likeness (QED) is 0.544. The number of amides is 1. The van der Waals surface area contributed by atoms with Crippen LogP contribution in [0.15, 0.2) is 25.8 Å². The molecular weight excluding hydrogens is 390 g/mol. The number of aliphatic hydroxyl groups is 1. The highest BCUT2D eigenvalue weighted by molar-refractivity contribution is 7.98. The van der Waals surface area contributed by atoms with Gasteiger partial charge < -0.3 is 19.3 Å². The van der Waals surface area contributed by atoms with Crippen molar-refractivity contribution in [3.63, 3.8) is 0 Å². The maximum Gasteiger partial charge on any atom is 0.339 e. The highest BCUT2D eigenvalue weighted by Gasteiger charge is 2.17. The summed E-state index contributed by atoms with van der Waals surface area (Å²) in [4.78, 5) is 24.8. The second-order valence-electron chi connectivity index (χ2n) is 7.35. The highest BCUT2D eigenvalue weighted by Crippen LogP contribution is 2.31. The molecule has 2 heterocycles. The first-order chi connectivity index (χ1) is 13.8. The van der Waals surface area contributed by atoms with E-state index in [2.05, 4.69) is 5.32 Å². The smallest absolute Gasteiger partial charge is 0.339 e. The van der Waals surface area contributed by atoms with Crippen LogP contribution in [0.3, 0.4) is 0 Å². The van der Waals surface area contributed by atoms with Gasteiger partial charge in [-0.05, 0) is 62.8 Å². The minimum Gasteiger partial charge on any atom is -0.461 e. The zero-order chi connectivity index (χ0) is 21.1. The lowest BCUT2D eigenvalue weighted by Gasteiger charge is -2.16. The topological polar surface area (TPSA) is 92.7 Å². The largest absolute Gasteiger partial charge is 0.461 e. The van der Waals surface area contributed by atoms with Crippen molar-refractivity contribution in [1.82, 2.24) is 5.32 Å². The van der Waals surface area contributed by atoms with Crippen LogP contribution in [0.5, 0.6) is 0 Å². The molecule has 3 aromatic rings. The fraction of sp³-hybridized carbons (Fsp3) is 0.455. The van der Waals surface area contributed by atoms with Crippen LogP contribution in [-0.2, 0) is 11.2 Å². The molecule has 7 heteroatoms. The van der Waals surface area contributed by atoms with Crippen LogP contribution in [0, 0.1) is 20.8 Å². The van der Waals surface area contributed by atoms with Gasteiger partial charge in [-0.1, -0.05) is 0 Å². The molecule has 156 valence electrons. The van der Waals surface area contributed by atoms with E-state index in [1.54, 1.807) is 17.8 Å².